The summed E-state index contributed by atoms with van der Waals surface area (Å²) in [5.74, 6) is 0. The fraction of sp³-hybridized carbons (Fsp3) is 1.00. The van der Waals surface area contributed by atoms with Gasteiger partial charge < -0.3 is 5.11 Å². The van der Waals surface area contributed by atoms with E-state index in [4.69, 9.17) is 10.2 Å². The highest BCUT2D eigenvalue weighted by atomic mass is 32.2. The zero-order chi connectivity index (χ0) is 10.1. The van der Waals surface area contributed by atoms with Crippen LogP contribution in [0, 0.1) is 0 Å². The lowest BCUT2D eigenvalue weighted by atomic mass is 10.1. The molecule has 0 aromatic rings. The van der Waals surface area contributed by atoms with E-state index in [1.165, 1.54) is 4.31 Å². The van der Waals surface area contributed by atoms with E-state index in [0.29, 0.717) is 19.6 Å². The Morgan fingerprint density at radius 3 is 2.54 bits per heavy atom. The van der Waals surface area contributed by atoms with E-state index < -0.39 is 10.2 Å². The number of likely N-dealkylation sites (N-methyl/N-ethyl adjacent to an activating group) is 1. The molecular weight excluding hydrogens is 194 g/mol. The first-order valence-corrected chi connectivity index (χ1v) is 5.54. The minimum Gasteiger partial charge on any atom is -0.395 e. The molecule has 1 heterocycles. The normalized spacial score (nSPS) is 20.6. The molecule has 0 amide bonds. The molecule has 1 rings (SSSR count). The maximum atomic E-state index is 10.8. The van der Waals surface area contributed by atoms with Crippen molar-refractivity contribution in [2.75, 3.05) is 33.3 Å². The highest BCUT2D eigenvalue weighted by Gasteiger charge is 2.35. The first-order valence-electron chi connectivity index (χ1n) is 4.04. The van der Waals surface area contributed by atoms with Gasteiger partial charge in [0.2, 0.25) is 0 Å². The van der Waals surface area contributed by atoms with Gasteiger partial charge in [-0.3, -0.25) is 4.90 Å². The van der Waals surface area contributed by atoms with Crippen molar-refractivity contribution >= 4 is 10.2 Å². The van der Waals surface area contributed by atoms with Crippen LogP contribution in [0.4, 0.5) is 0 Å². The highest BCUT2D eigenvalue weighted by molar-refractivity contribution is 7.86. The van der Waals surface area contributed by atoms with Crippen LogP contribution in [0.2, 0.25) is 0 Å². The van der Waals surface area contributed by atoms with Gasteiger partial charge in [-0.15, -0.1) is 0 Å². The van der Waals surface area contributed by atoms with E-state index in [2.05, 4.69) is 0 Å². The number of rotatable bonds is 4. The number of nitrogens with two attached hydrogens (primary N) is 1. The Labute approximate surface area is 78.1 Å². The molecule has 0 spiro atoms. The Morgan fingerprint density at radius 1 is 1.62 bits per heavy atom. The quantitative estimate of drug-likeness (QED) is 0.550. The summed E-state index contributed by atoms with van der Waals surface area (Å²) in [6.07, 6.45) is 0. The van der Waals surface area contributed by atoms with Crippen LogP contribution in [0.1, 0.15) is 0 Å². The summed E-state index contributed by atoms with van der Waals surface area (Å²) in [5.41, 5.74) is 0. The van der Waals surface area contributed by atoms with Gasteiger partial charge in [-0.05, 0) is 7.05 Å². The fourth-order valence-electron chi connectivity index (χ4n) is 1.24. The second kappa shape index (κ2) is 3.89. The van der Waals surface area contributed by atoms with Crippen LogP contribution in [0.25, 0.3) is 0 Å². The molecule has 7 heteroatoms. The Hall–Kier alpha value is -0.210. The Balaban J connectivity index is 2.33. The van der Waals surface area contributed by atoms with Crippen molar-refractivity contribution < 1.29 is 13.5 Å². The average molecular weight is 209 g/mol. The molecule has 6 nitrogen and oxygen atoms in total. The van der Waals surface area contributed by atoms with Gasteiger partial charge in [0.15, 0.2) is 0 Å². The van der Waals surface area contributed by atoms with Gasteiger partial charge in [-0.25, -0.2) is 5.14 Å². The summed E-state index contributed by atoms with van der Waals surface area (Å²) < 4.78 is 22.8. The molecule has 0 aliphatic carbocycles. The molecular formula is C6H15N3O3S. The zero-order valence-electron chi connectivity index (χ0n) is 7.55. The predicted octanol–water partition coefficient (Wildman–Crippen LogP) is -2.20. The van der Waals surface area contributed by atoms with E-state index in [9.17, 15) is 8.42 Å². The van der Waals surface area contributed by atoms with E-state index in [-0.39, 0.29) is 12.6 Å². The molecule has 0 saturated carbocycles. The number of hydrogen-bond donors (Lipinski definition) is 2. The average Bonchev–Trinajstić information content (AvgIpc) is 1.79. The van der Waals surface area contributed by atoms with Crippen LogP contribution in [0.15, 0.2) is 0 Å². The maximum absolute atomic E-state index is 10.8. The molecule has 0 aromatic carbocycles. The van der Waals surface area contributed by atoms with Gasteiger partial charge in [-0.1, -0.05) is 0 Å². The van der Waals surface area contributed by atoms with Crippen LogP contribution >= 0.6 is 0 Å². The monoisotopic (exact) mass is 209 g/mol. The summed E-state index contributed by atoms with van der Waals surface area (Å²) in [6.45, 7) is 1.50. The molecule has 1 aliphatic rings. The van der Waals surface area contributed by atoms with E-state index in [0.717, 1.165) is 0 Å². The lowest BCUT2D eigenvalue weighted by Gasteiger charge is -2.41. The smallest absolute Gasteiger partial charge is 0.277 e. The molecule has 0 atom stereocenters. The third-order valence-corrected chi connectivity index (χ3v) is 3.28. The van der Waals surface area contributed by atoms with Crippen molar-refractivity contribution in [1.29, 1.82) is 0 Å². The van der Waals surface area contributed by atoms with E-state index >= 15 is 0 Å². The molecule has 0 aromatic heterocycles. The van der Waals surface area contributed by atoms with Crippen LogP contribution in [0.5, 0.6) is 0 Å². The lowest BCUT2D eigenvalue weighted by molar-refractivity contribution is 0.0934. The molecule has 1 fully saturated rings. The minimum atomic E-state index is -3.50. The van der Waals surface area contributed by atoms with Crippen molar-refractivity contribution in [1.82, 2.24) is 9.21 Å². The van der Waals surface area contributed by atoms with Gasteiger partial charge in [0.25, 0.3) is 10.2 Å². The number of aliphatic hydroxyl groups is 1. The summed E-state index contributed by atoms with van der Waals surface area (Å²) in [6, 6.07) is 0.186. The van der Waals surface area contributed by atoms with Crippen LogP contribution < -0.4 is 5.14 Å². The molecule has 0 radical (unpaired) electrons. The van der Waals surface area contributed by atoms with Crippen LogP contribution in [0.3, 0.4) is 0 Å². The fourth-order valence-corrected chi connectivity index (χ4v) is 2.00. The van der Waals surface area contributed by atoms with Crippen molar-refractivity contribution in [3.8, 4) is 0 Å². The summed E-state index contributed by atoms with van der Waals surface area (Å²) in [7, 11) is -1.65. The molecule has 1 saturated heterocycles. The third-order valence-electron chi connectivity index (χ3n) is 2.26. The maximum Gasteiger partial charge on any atom is 0.277 e. The second-order valence-electron chi connectivity index (χ2n) is 3.22. The SMILES string of the molecule is CN(CCO)C1CN(S(N)(=O)=O)C1. The van der Waals surface area contributed by atoms with Crippen molar-refractivity contribution in [2.45, 2.75) is 6.04 Å². The largest absolute Gasteiger partial charge is 0.395 e. The Kier molecular flexibility index (Phi) is 3.25. The standard InChI is InChI=1S/C6H15N3O3S/c1-8(2-3-10)6-4-9(5-6)13(7,11)12/h6,10H,2-5H2,1H3,(H2,7,11,12). The number of hydrogen-bond acceptors (Lipinski definition) is 4. The Bertz CT molecular complexity index is 260. The topological polar surface area (TPSA) is 86.9 Å². The van der Waals surface area contributed by atoms with Gasteiger partial charge in [0.05, 0.1) is 6.61 Å². The first-order chi connectivity index (χ1) is 5.95. The van der Waals surface area contributed by atoms with E-state index in [1.807, 2.05) is 11.9 Å². The van der Waals surface area contributed by atoms with Crippen molar-refractivity contribution in [2.24, 2.45) is 5.14 Å². The van der Waals surface area contributed by atoms with Gasteiger partial charge in [0.1, 0.15) is 0 Å². The first kappa shape index (κ1) is 10.9. The summed E-state index contributed by atoms with van der Waals surface area (Å²) >= 11 is 0. The Morgan fingerprint density at radius 2 is 2.15 bits per heavy atom. The highest BCUT2D eigenvalue weighted by Crippen LogP contribution is 2.14. The number of aliphatic hydroxyl groups excluding tert-OH is 1. The third kappa shape index (κ3) is 2.61. The molecule has 0 unspecified atom stereocenters. The molecule has 78 valence electrons. The summed E-state index contributed by atoms with van der Waals surface area (Å²) in [5, 5.41) is 13.5. The van der Waals surface area contributed by atoms with Crippen molar-refractivity contribution in [3.05, 3.63) is 0 Å². The zero-order valence-corrected chi connectivity index (χ0v) is 8.37. The van der Waals surface area contributed by atoms with Gasteiger partial charge >= 0.3 is 0 Å². The van der Waals surface area contributed by atoms with Crippen LogP contribution in [-0.4, -0.2) is 62.1 Å². The lowest BCUT2D eigenvalue weighted by Crippen LogP contribution is -2.61. The summed E-state index contributed by atoms with van der Waals surface area (Å²) in [4.78, 5) is 1.92. The predicted molar refractivity (Wildman–Crippen MR) is 48.2 cm³/mol. The number of nitrogens with zero attached hydrogens (tertiary/aromatic N) is 2. The van der Waals surface area contributed by atoms with Gasteiger partial charge in [0, 0.05) is 25.7 Å². The van der Waals surface area contributed by atoms with Crippen LogP contribution in [-0.2, 0) is 10.2 Å². The second-order valence-corrected chi connectivity index (χ2v) is 4.77. The minimum absolute atomic E-state index is 0.0857. The van der Waals surface area contributed by atoms with Gasteiger partial charge in [-0.2, -0.15) is 12.7 Å². The molecule has 1 aliphatic heterocycles. The molecule has 0 bridgehead atoms. The van der Waals surface area contributed by atoms with E-state index in [1.54, 1.807) is 0 Å². The van der Waals surface area contributed by atoms with Crippen molar-refractivity contribution in [3.63, 3.8) is 0 Å². The molecule has 3 N–H and O–H groups in total. The molecule has 13 heavy (non-hydrogen) atoms.